The minimum absolute atomic E-state index is 0.0684. The molecule has 0 fully saturated rings. The summed E-state index contributed by atoms with van der Waals surface area (Å²) >= 11 is 6.11. The molecule has 0 saturated carbocycles. The Bertz CT molecular complexity index is 972. The highest BCUT2D eigenvalue weighted by molar-refractivity contribution is 6.34. The van der Waals surface area contributed by atoms with E-state index in [1.54, 1.807) is 0 Å². The van der Waals surface area contributed by atoms with Crippen LogP contribution < -0.4 is 5.32 Å². The average molecular weight is 381 g/mol. The topological polar surface area (TPSA) is 72.2 Å². The van der Waals surface area contributed by atoms with Crippen LogP contribution in [0.2, 0.25) is 5.02 Å². The first-order valence-electron chi connectivity index (χ1n) is 8.32. The van der Waals surface area contributed by atoms with Gasteiger partial charge in [-0.3, -0.25) is 14.9 Å². The maximum Gasteiger partial charge on any atom is 0.270 e. The molecular weight excluding hydrogens is 364 g/mol. The molecule has 1 atom stereocenters. The van der Waals surface area contributed by atoms with E-state index >= 15 is 0 Å². The van der Waals surface area contributed by atoms with E-state index in [0.717, 1.165) is 16.7 Å². The molecule has 0 aliphatic carbocycles. The lowest BCUT2D eigenvalue weighted by atomic mass is 9.97. The van der Waals surface area contributed by atoms with Gasteiger partial charge < -0.3 is 5.32 Å². The Hall–Kier alpha value is -3.18. The van der Waals surface area contributed by atoms with Crippen molar-refractivity contribution in [1.82, 2.24) is 5.32 Å². The van der Waals surface area contributed by atoms with Gasteiger partial charge in [0.05, 0.1) is 21.6 Å². The number of non-ortho nitro benzene ring substituents is 1. The summed E-state index contributed by atoms with van der Waals surface area (Å²) in [5.41, 5.74) is 2.80. The van der Waals surface area contributed by atoms with Gasteiger partial charge in [0.1, 0.15) is 0 Å². The van der Waals surface area contributed by atoms with E-state index in [0.29, 0.717) is 0 Å². The van der Waals surface area contributed by atoms with Crippen molar-refractivity contribution in [1.29, 1.82) is 0 Å². The van der Waals surface area contributed by atoms with Crippen LogP contribution in [-0.2, 0) is 0 Å². The molecule has 3 aromatic rings. The van der Waals surface area contributed by atoms with Crippen LogP contribution in [0, 0.1) is 17.0 Å². The molecule has 0 spiro atoms. The van der Waals surface area contributed by atoms with Crippen molar-refractivity contribution in [3.63, 3.8) is 0 Å². The van der Waals surface area contributed by atoms with Gasteiger partial charge in [-0.1, -0.05) is 71.8 Å². The van der Waals surface area contributed by atoms with E-state index in [-0.39, 0.29) is 16.3 Å². The van der Waals surface area contributed by atoms with Crippen LogP contribution in [0.3, 0.4) is 0 Å². The van der Waals surface area contributed by atoms with Gasteiger partial charge in [0.25, 0.3) is 11.6 Å². The Morgan fingerprint density at radius 2 is 1.63 bits per heavy atom. The maximum absolute atomic E-state index is 12.8. The molecule has 0 heterocycles. The molecule has 0 aliphatic rings. The number of amides is 1. The summed E-state index contributed by atoms with van der Waals surface area (Å²) in [5, 5.41) is 14.1. The number of benzene rings is 3. The van der Waals surface area contributed by atoms with Gasteiger partial charge in [-0.15, -0.1) is 0 Å². The smallest absolute Gasteiger partial charge is 0.270 e. The van der Waals surface area contributed by atoms with Gasteiger partial charge in [-0.05, 0) is 24.1 Å². The molecule has 136 valence electrons. The minimum atomic E-state index is -0.554. The Morgan fingerprint density at radius 1 is 1.00 bits per heavy atom. The number of nitro groups is 1. The van der Waals surface area contributed by atoms with Crippen molar-refractivity contribution in [3.05, 3.63) is 110 Å². The number of halogens is 1. The lowest BCUT2D eigenvalue weighted by Crippen LogP contribution is -2.29. The SMILES string of the molecule is Cc1ccc(C(NC(=O)c2cc([N+](=O)[O-])ccc2Cl)c2ccccc2)cc1. The van der Waals surface area contributed by atoms with Crippen LogP contribution >= 0.6 is 11.6 Å². The standard InChI is InChI=1S/C21H17ClN2O3/c1-14-7-9-16(10-8-14)20(15-5-3-2-4-6-15)23-21(25)18-13-17(24(26)27)11-12-19(18)22/h2-13,20H,1H3,(H,23,25). The van der Waals surface area contributed by atoms with Crippen LogP contribution in [0.15, 0.2) is 72.8 Å². The van der Waals surface area contributed by atoms with E-state index in [4.69, 9.17) is 11.6 Å². The van der Waals surface area contributed by atoms with Crippen LogP contribution in [0.5, 0.6) is 0 Å². The summed E-state index contributed by atoms with van der Waals surface area (Å²) in [6, 6.07) is 20.8. The second kappa shape index (κ2) is 8.01. The molecule has 0 radical (unpaired) electrons. The second-order valence-corrected chi connectivity index (χ2v) is 6.56. The highest BCUT2D eigenvalue weighted by Gasteiger charge is 2.21. The number of hydrogen-bond donors (Lipinski definition) is 1. The minimum Gasteiger partial charge on any atom is -0.341 e. The molecule has 5 nitrogen and oxygen atoms in total. The van der Waals surface area contributed by atoms with Crippen molar-refractivity contribution in [2.45, 2.75) is 13.0 Å². The normalized spacial score (nSPS) is 11.6. The van der Waals surface area contributed by atoms with Gasteiger partial charge >= 0.3 is 0 Å². The van der Waals surface area contributed by atoms with Gasteiger partial charge in [0.15, 0.2) is 0 Å². The van der Waals surface area contributed by atoms with Gasteiger partial charge in [0, 0.05) is 12.1 Å². The van der Waals surface area contributed by atoms with Crippen molar-refractivity contribution in [2.75, 3.05) is 0 Å². The van der Waals surface area contributed by atoms with E-state index < -0.39 is 16.9 Å². The van der Waals surface area contributed by atoms with Gasteiger partial charge in [-0.2, -0.15) is 0 Å². The molecule has 0 aliphatic heterocycles. The summed E-state index contributed by atoms with van der Waals surface area (Å²) in [6.07, 6.45) is 0. The molecule has 0 aromatic heterocycles. The first kappa shape index (κ1) is 18.6. The summed E-state index contributed by atoms with van der Waals surface area (Å²) in [5.74, 6) is -0.474. The molecule has 27 heavy (non-hydrogen) atoms. The first-order valence-corrected chi connectivity index (χ1v) is 8.70. The zero-order valence-corrected chi connectivity index (χ0v) is 15.3. The fourth-order valence-electron chi connectivity index (χ4n) is 2.77. The molecule has 1 N–H and O–H groups in total. The number of rotatable bonds is 5. The summed E-state index contributed by atoms with van der Waals surface area (Å²) in [7, 11) is 0. The Labute approximate surface area is 161 Å². The summed E-state index contributed by atoms with van der Waals surface area (Å²) < 4.78 is 0. The number of aryl methyl sites for hydroxylation is 1. The van der Waals surface area contributed by atoms with E-state index in [1.165, 1.54) is 18.2 Å². The van der Waals surface area contributed by atoms with Crippen molar-refractivity contribution < 1.29 is 9.72 Å². The van der Waals surface area contributed by atoms with Crippen molar-refractivity contribution in [2.24, 2.45) is 0 Å². The lowest BCUT2D eigenvalue weighted by molar-refractivity contribution is -0.384. The summed E-state index contributed by atoms with van der Waals surface area (Å²) in [6.45, 7) is 1.99. The largest absolute Gasteiger partial charge is 0.341 e. The zero-order valence-electron chi connectivity index (χ0n) is 14.6. The second-order valence-electron chi connectivity index (χ2n) is 6.15. The highest BCUT2D eigenvalue weighted by atomic mass is 35.5. The third kappa shape index (κ3) is 4.33. The number of nitrogens with zero attached hydrogens (tertiary/aromatic N) is 1. The van der Waals surface area contributed by atoms with Gasteiger partial charge in [-0.25, -0.2) is 0 Å². The number of carbonyl (C=O) groups is 1. The number of hydrogen-bond acceptors (Lipinski definition) is 3. The van der Waals surface area contributed by atoms with E-state index in [1.807, 2.05) is 61.5 Å². The Kier molecular flexibility index (Phi) is 5.52. The highest BCUT2D eigenvalue weighted by Crippen LogP contribution is 2.26. The van der Waals surface area contributed by atoms with Crippen LogP contribution in [-0.4, -0.2) is 10.8 Å². The quantitative estimate of drug-likeness (QED) is 0.495. The molecule has 0 saturated heterocycles. The molecule has 6 heteroatoms. The van der Waals surface area contributed by atoms with Crippen LogP contribution in [0.25, 0.3) is 0 Å². The lowest BCUT2D eigenvalue weighted by Gasteiger charge is -2.20. The average Bonchev–Trinajstić information content (AvgIpc) is 2.67. The molecule has 0 bridgehead atoms. The predicted octanol–water partition coefficient (Wildman–Crippen LogP) is 5.08. The van der Waals surface area contributed by atoms with Crippen LogP contribution in [0.1, 0.15) is 33.1 Å². The molecule has 1 amide bonds. The monoisotopic (exact) mass is 380 g/mol. The molecule has 3 aromatic carbocycles. The van der Waals surface area contributed by atoms with Crippen LogP contribution in [0.4, 0.5) is 5.69 Å². The Balaban J connectivity index is 1.97. The van der Waals surface area contributed by atoms with Crippen molar-refractivity contribution in [3.8, 4) is 0 Å². The maximum atomic E-state index is 12.8. The van der Waals surface area contributed by atoms with Crippen molar-refractivity contribution >= 4 is 23.2 Å². The van der Waals surface area contributed by atoms with E-state index in [9.17, 15) is 14.9 Å². The Morgan fingerprint density at radius 3 is 2.26 bits per heavy atom. The summed E-state index contributed by atoms with van der Waals surface area (Å²) in [4.78, 5) is 23.3. The number of carbonyl (C=O) groups excluding carboxylic acids is 1. The molecule has 1 unspecified atom stereocenters. The van der Waals surface area contributed by atoms with Gasteiger partial charge in [0.2, 0.25) is 0 Å². The first-order chi connectivity index (χ1) is 13.0. The number of nitrogens with one attached hydrogen (secondary N) is 1. The fraction of sp³-hybridized carbons (Fsp3) is 0.0952. The predicted molar refractivity (Wildman–Crippen MR) is 105 cm³/mol. The zero-order chi connectivity index (χ0) is 19.4. The molecular formula is C21H17ClN2O3. The fourth-order valence-corrected chi connectivity index (χ4v) is 2.98. The third-order valence-corrected chi connectivity index (χ3v) is 4.55. The molecule has 3 rings (SSSR count). The third-order valence-electron chi connectivity index (χ3n) is 4.22. The van der Waals surface area contributed by atoms with E-state index in [2.05, 4.69) is 5.32 Å². The number of nitro benzene ring substituents is 1.